The first-order valence-electron chi connectivity index (χ1n) is 10.1. The molecule has 0 aliphatic carbocycles. The van der Waals surface area contributed by atoms with Crippen LogP contribution in [0.3, 0.4) is 0 Å². The smallest absolute Gasteiger partial charge is 0.426 e. The van der Waals surface area contributed by atoms with E-state index in [1.54, 1.807) is 0 Å². The number of hydrogen-bond donors (Lipinski definition) is 1. The van der Waals surface area contributed by atoms with Gasteiger partial charge in [-0.15, -0.1) is 0 Å². The van der Waals surface area contributed by atoms with Crippen molar-refractivity contribution >= 4 is 33.2 Å². The summed E-state index contributed by atoms with van der Waals surface area (Å²) in [5.74, 6) is -0.574. The van der Waals surface area contributed by atoms with Crippen molar-refractivity contribution in [1.29, 1.82) is 0 Å². The van der Waals surface area contributed by atoms with E-state index < -0.39 is 64.0 Å². The molecule has 0 saturated carbocycles. The topological polar surface area (TPSA) is 75.7 Å². The lowest BCUT2D eigenvalue weighted by atomic mass is 10.1. The maximum atomic E-state index is 13.6. The molecule has 0 spiro atoms. The van der Waals surface area contributed by atoms with E-state index in [1.165, 1.54) is 30.3 Å². The quantitative estimate of drug-likeness (QED) is 0.516. The molecule has 0 unspecified atom stereocenters. The summed E-state index contributed by atoms with van der Waals surface area (Å²) in [6.45, 7) is -1.71. The number of nitrogens with zero attached hydrogens (tertiary/aromatic N) is 1. The molecule has 2 atom stereocenters. The molecule has 1 fully saturated rings. The summed E-state index contributed by atoms with van der Waals surface area (Å²) in [4.78, 5) is 13.1. The Bertz CT molecular complexity index is 1160. The summed E-state index contributed by atoms with van der Waals surface area (Å²) < 4.78 is 110. The predicted octanol–water partition coefficient (Wildman–Crippen LogP) is 5.31. The van der Waals surface area contributed by atoms with Gasteiger partial charge in [-0.25, -0.2) is 13.2 Å². The Morgan fingerprint density at radius 1 is 1.11 bits per heavy atom. The molecule has 0 bridgehead atoms. The van der Waals surface area contributed by atoms with Gasteiger partial charge in [-0.05, 0) is 35.9 Å². The number of nitrogens with one attached hydrogen (secondary N) is 1. The highest BCUT2D eigenvalue weighted by atomic mass is 35.5. The number of alkyl halides is 6. The lowest BCUT2D eigenvalue weighted by Gasteiger charge is -2.35. The van der Waals surface area contributed by atoms with Crippen LogP contribution < -0.4 is 5.32 Å². The maximum absolute atomic E-state index is 13.6. The van der Waals surface area contributed by atoms with Crippen molar-refractivity contribution < 1.29 is 44.3 Å². The number of sulfone groups is 1. The molecule has 35 heavy (non-hydrogen) atoms. The minimum atomic E-state index is -4.99. The van der Waals surface area contributed by atoms with E-state index in [9.17, 15) is 39.6 Å². The van der Waals surface area contributed by atoms with E-state index in [0.29, 0.717) is 11.1 Å². The summed E-state index contributed by atoms with van der Waals surface area (Å²) in [6, 6.07) is 9.16. The molecule has 0 radical (unpaired) electrons. The third-order valence-electron chi connectivity index (χ3n) is 5.26. The zero-order valence-corrected chi connectivity index (χ0v) is 19.3. The van der Waals surface area contributed by atoms with E-state index in [1.807, 2.05) is 0 Å². The van der Waals surface area contributed by atoms with E-state index in [0.717, 1.165) is 17.0 Å². The fourth-order valence-electron chi connectivity index (χ4n) is 3.48. The summed E-state index contributed by atoms with van der Waals surface area (Å²) in [5, 5.41) is 1.000. The second-order valence-corrected chi connectivity index (χ2v) is 10.5. The number of halogens is 7. The minimum Gasteiger partial charge on any atom is -0.435 e. The fourth-order valence-corrected chi connectivity index (χ4v) is 5.41. The van der Waals surface area contributed by atoms with Crippen molar-refractivity contribution in [3.8, 4) is 0 Å². The monoisotopic (exact) mass is 544 g/mol. The first-order valence-corrected chi connectivity index (χ1v) is 12.2. The first kappa shape index (κ1) is 27.1. The Morgan fingerprint density at radius 2 is 1.77 bits per heavy atom. The third-order valence-corrected chi connectivity index (χ3v) is 7.56. The van der Waals surface area contributed by atoms with Gasteiger partial charge in [0.05, 0.1) is 16.6 Å². The van der Waals surface area contributed by atoms with Crippen LogP contribution in [-0.2, 0) is 20.8 Å². The van der Waals surface area contributed by atoms with Crippen LogP contribution in [0.1, 0.15) is 16.4 Å². The molecule has 1 saturated heterocycles. The highest BCUT2D eigenvalue weighted by molar-refractivity contribution is 7.91. The molecule has 14 heteroatoms. The molecule has 1 aliphatic rings. The van der Waals surface area contributed by atoms with Gasteiger partial charge in [0.1, 0.15) is 0 Å². The molecular formula is C21H19ClF6N2O4S. The molecule has 1 heterocycles. The number of hydrogen-bond acceptors (Lipinski definition) is 5. The zero-order chi connectivity index (χ0) is 26.0. The Morgan fingerprint density at radius 3 is 2.37 bits per heavy atom. The van der Waals surface area contributed by atoms with Crippen molar-refractivity contribution in [2.45, 2.75) is 23.7 Å². The second-order valence-electron chi connectivity index (χ2n) is 7.81. The van der Waals surface area contributed by atoms with Crippen molar-refractivity contribution in [3.05, 3.63) is 64.7 Å². The standard InChI is InChI=1S/C21H19ClF6N2O4S/c22-15-4-6-16(7-5-15)29-19(31)34-18(21(26,27)28)12-30-8-9-35(32,33)17(11-30)13-2-1-3-14(10-13)20(23,24)25/h1-7,10,17-18H,8-9,11-12H2,(H,29,31)/t17-,18-/m0/s1. The van der Waals surface area contributed by atoms with Crippen LogP contribution in [-0.4, -0.2) is 57.1 Å². The van der Waals surface area contributed by atoms with Crippen LogP contribution >= 0.6 is 11.6 Å². The average molecular weight is 545 g/mol. The Balaban J connectivity index is 1.75. The summed E-state index contributed by atoms with van der Waals surface area (Å²) in [6.07, 6.45) is -13.7. The summed E-state index contributed by atoms with van der Waals surface area (Å²) in [7, 11) is -3.93. The molecule has 2 aromatic carbocycles. The Hall–Kier alpha value is -2.51. The molecule has 3 rings (SSSR count). The van der Waals surface area contributed by atoms with Gasteiger partial charge in [0.25, 0.3) is 0 Å². The van der Waals surface area contributed by atoms with Gasteiger partial charge in [-0.3, -0.25) is 10.2 Å². The van der Waals surface area contributed by atoms with Gasteiger partial charge in [-0.1, -0.05) is 29.8 Å². The van der Waals surface area contributed by atoms with Crippen LogP contribution in [0, 0.1) is 0 Å². The van der Waals surface area contributed by atoms with Crippen molar-refractivity contribution in [2.75, 3.05) is 30.7 Å². The van der Waals surface area contributed by atoms with Crippen molar-refractivity contribution in [3.63, 3.8) is 0 Å². The molecule has 0 aromatic heterocycles. The van der Waals surface area contributed by atoms with Crippen molar-refractivity contribution in [1.82, 2.24) is 4.90 Å². The predicted molar refractivity (Wildman–Crippen MR) is 116 cm³/mol. The second kappa shape index (κ2) is 10.2. The number of rotatable bonds is 5. The average Bonchev–Trinajstić information content (AvgIpc) is 2.75. The molecule has 1 N–H and O–H groups in total. The number of benzene rings is 2. The lowest BCUT2D eigenvalue weighted by molar-refractivity contribution is -0.206. The van der Waals surface area contributed by atoms with Crippen LogP contribution in [0.5, 0.6) is 0 Å². The number of anilines is 1. The van der Waals surface area contributed by atoms with E-state index >= 15 is 0 Å². The van der Waals surface area contributed by atoms with Crippen LogP contribution in [0.15, 0.2) is 48.5 Å². The van der Waals surface area contributed by atoms with E-state index in [2.05, 4.69) is 10.1 Å². The fraction of sp³-hybridized carbons (Fsp3) is 0.381. The lowest BCUT2D eigenvalue weighted by Crippen LogP contribution is -2.50. The van der Waals surface area contributed by atoms with E-state index in [4.69, 9.17) is 11.6 Å². The maximum Gasteiger partial charge on any atom is 0.426 e. The van der Waals surface area contributed by atoms with Crippen molar-refractivity contribution in [2.24, 2.45) is 0 Å². The summed E-state index contributed by atoms with van der Waals surface area (Å²) >= 11 is 5.71. The van der Waals surface area contributed by atoms with Gasteiger partial charge in [0.15, 0.2) is 9.84 Å². The third kappa shape index (κ3) is 7.24. The van der Waals surface area contributed by atoms with Gasteiger partial charge >= 0.3 is 18.4 Å². The normalized spacial score (nSPS) is 19.7. The highest BCUT2D eigenvalue weighted by Gasteiger charge is 2.46. The number of ether oxygens (including phenoxy) is 1. The van der Waals surface area contributed by atoms with Crippen LogP contribution in [0.2, 0.25) is 5.02 Å². The Kier molecular flexibility index (Phi) is 7.92. The van der Waals surface area contributed by atoms with Gasteiger partial charge in [-0.2, -0.15) is 26.3 Å². The molecule has 1 amide bonds. The largest absolute Gasteiger partial charge is 0.435 e. The SMILES string of the molecule is O=C(Nc1ccc(Cl)cc1)O[C@@H](CN1CCS(=O)(=O)[C@H](c2cccc(C(F)(F)F)c2)C1)C(F)(F)F. The molecule has 192 valence electrons. The first-order chi connectivity index (χ1) is 16.1. The highest BCUT2D eigenvalue weighted by Crippen LogP contribution is 2.35. The van der Waals surface area contributed by atoms with Crippen LogP contribution in [0.4, 0.5) is 36.8 Å². The Labute approximate surface area is 201 Å². The molecular weight excluding hydrogens is 526 g/mol. The van der Waals surface area contributed by atoms with Gasteiger partial charge in [0, 0.05) is 30.3 Å². The number of carbonyl (C=O) groups excluding carboxylic acids is 1. The molecule has 1 aliphatic heterocycles. The van der Waals surface area contributed by atoms with Crippen LogP contribution in [0.25, 0.3) is 0 Å². The minimum absolute atomic E-state index is 0.133. The summed E-state index contributed by atoms with van der Waals surface area (Å²) in [5.41, 5.74) is -1.12. The number of carbonyl (C=O) groups is 1. The van der Waals surface area contributed by atoms with Gasteiger partial charge < -0.3 is 4.74 Å². The van der Waals surface area contributed by atoms with E-state index in [-0.39, 0.29) is 17.8 Å². The zero-order valence-electron chi connectivity index (χ0n) is 17.7. The number of amides is 1. The molecule has 2 aromatic rings. The van der Waals surface area contributed by atoms with Gasteiger partial charge in [0.2, 0.25) is 6.10 Å². The molecule has 6 nitrogen and oxygen atoms in total.